The largest absolute Gasteiger partial charge is 0.466 e. The Labute approximate surface area is 143 Å². The summed E-state index contributed by atoms with van der Waals surface area (Å²) in [6.07, 6.45) is 0. The number of methoxy groups -OCH3 is 2. The predicted octanol–water partition coefficient (Wildman–Crippen LogP) is 2.46. The van der Waals surface area contributed by atoms with Crippen LogP contribution >= 0.6 is 15.9 Å². The van der Waals surface area contributed by atoms with Crippen LogP contribution in [-0.4, -0.2) is 39.5 Å². The van der Waals surface area contributed by atoms with Crippen LogP contribution in [0, 0.1) is 13.8 Å². The van der Waals surface area contributed by atoms with Crippen LogP contribution in [0.2, 0.25) is 0 Å². The lowest BCUT2D eigenvalue weighted by Crippen LogP contribution is -2.39. The number of carbonyl (C=O) groups excluding carboxylic acids is 2. The van der Waals surface area contributed by atoms with Gasteiger partial charge >= 0.3 is 11.9 Å². The number of ether oxygens (including phenoxy) is 3. The highest BCUT2D eigenvalue weighted by Crippen LogP contribution is 2.33. The van der Waals surface area contributed by atoms with Crippen LogP contribution in [0.3, 0.4) is 0 Å². The van der Waals surface area contributed by atoms with E-state index in [1.807, 2.05) is 26.0 Å². The number of hydrogen-bond donors (Lipinski definition) is 0. The van der Waals surface area contributed by atoms with E-state index in [0.717, 1.165) is 21.3 Å². The quantitative estimate of drug-likeness (QED) is 0.747. The number of carbonyl (C=O) groups is 2. The van der Waals surface area contributed by atoms with Crippen molar-refractivity contribution >= 4 is 33.6 Å². The highest BCUT2D eigenvalue weighted by atomic mass is 79.9. The first-order valence-corrected chi connectivity index (χ1v) is 7.71. The summed E-state index contributed by atoms with van der Waals surface area (Å²) in [5, 5.41) is 0. The Hall–Kier alpha value is -1.86. The van der Waals surface area contributed by atoms with Crippen molar-refractivity contribution in [1.29, 1.82) is 0 Å². The van der Waals surface area contributed by atoms with Gasteiger partial charge in [0, 0.05) is 10.2 Å². The van der Waals surface area contributed by atoms with Crippen LogP contribution in [0.1, 0.15) is 11.1 Å². The lowest BCUT2D eigenvalue weighted by Gasteiger charge is -2.32. The van der Waals surface area contributed by atoms with Gasteiger partial charge in [0.15, 0.2) is 0 Å². The van der Waals surface area contributed by atoms with E-state index in [1.54, 1.807) is 4.90 Å². The molecule has 0 saturated heterocycles. The Morgan fingerprint density at radius 2 is 1.83 bits per heavy atom. The lowest BCUT2D eigenvalue weighted by molar-refractivity contribution is -0.140. The zero-order valence-corrected chi connectivity index (χ0v) is 15.0. The zero-order chi connectivity index (χ0) is 17.1. The number of rotatable bonds is 3. The van der Waals surface area contributed by atoms with E-state index < -0.39 is 11.9 Å². The molecule has 0 unspecified atom stereocenters. The molecular weight excluding hydrogens is 366 g/mol. The second-order valence-corrected chi connectivity index (χ2v) is 5.96. The molecule has 1 aliphatic rings. The van der Waals surface area contributed by atoms with Gasteiger partial charge in [-0.3, -0.25) is 0 Å². The van der Waals surface area contributed by atoms with Crippen molar-refractivity contribution in [2.45, 2.75) is 13.8 Å². The van der Waals surface area contributed by atoms with Gasteiger partial charge in [-0.25, -0.2) is 9.59 Å². The molecule has 1 aliphatic heterocycles. The van der Waals surface area contributed by atoms with Crippen molar-refractivity contribution in [3.05, 3.63) is 39.0 Å². The van der Waals surface area contributed by atoms with Crippen LogP contribution in [-0.2, 0) is 23.8 Å². The fourth-order valence-electron chi connectivity index (χ4n) is 2.41. The smallest absolute Gasteiger partial charge is 0.355 e. The molecule has 1 aromatic rings. The summed E-state index contributed by atoms with van der Waals surface area (Å²) in [5.74, 6) is -1.22. The molecule has 124 valence electrons. The summed E-state index contributed by atoms with van der Waals surface area (Å²) < 4.78 is 16.0. The van der Waals surface area contributed by atoms with E-state index in [0.29, 0.717) is 0 Å². The van der Waals surface area contributed by atoms with Crippen LogP contribution < -0.4 is 4.90 Å². The maximum Gasteiger partial charge on any atom is 0.355 e. The molecule has 23 heavy (non-hydrogen) atoms. The summed E-state index contributed by atoms with van der Waals surface area (Å²) in [4.78, 5) is 25.9. The number of anilines is 1. The average molecular weight is 384 g/mol. The van der Waals surface area contributed by atoms with E-state index in [4.69, 9.17) is 14.2 Å². The predicted molar refractivity (Wildman–Crippen MR) is 88.0 cm³/mol. The van der Waals surface area contributed by atoms with Crippen LogP contribution in [0.4, 0.5) is 5.69 Å². The molecule has 0 fully saturated rings. The summed E-state index contributed by atoms with van der Waals surface area (Å²) in [5.41, 5.74) is 2.98. The fraction of sp³-hybridized carbons (Fsp3) is 0.375. The molecule has 7 heteroatoms. The van der Waals surface area contributed by atoms with Crippen molar-refractivity contribution in [2.75, 3.05) is 32.5 Å². The van der Waals surface area contributed by atoms with E-state index in [9.17, 15) is 9.59 Å². The number of aryl methyl sites for hydroxylation is 1. The first kappa shape index (κ1) is 17.5. The van der Waals surface area contributed by atoms with Crippen molar-refractivity contribution < 1.29 is 23.8 Å². The highest BCUT2D eigenvalue weighted by Gasteiger charge is 2.33. The number of esters is 2. The molecule has 0 radical (unpaired) electrons. The average Bonchev–Trinajstić information content (AvgIpc) is 2.55. The molecule has 1 aromatic carbocycles. The third-order valence-electron chi connectivity index (χ3n) is 3.59. The van der Waals surface area contributed by atoms with E-state index in [-0.39, 0.29) is 24.6 Å². The van der Waals surface area contributed by atoms with Crippen LogP contribution in [0.25, 0.3) is 0 Å². The SMILES string of the molecule is COC(=O)C1=C(C(=O)OC)N(c2cc(C)cc(Br)c2C)COC1. The van der Waals surface area contributed by atoms with Crippen molar-refractivity contribution in [1.82, 2.24) is 0 Å². The Bertz CT molecular complexity index is 683. The Morgan fingerprint density at radius 1 is 1.17 bits per heavy atom. The molecule has 0 aliphatic carbocycles. The molecule has 1 heterocycles. The molecular formula is C16H18BrNO5. The topological polar surface area (TPSA) is 65.1 Å². The maximum atomic E-state index is 12.3. The third-order valence-corrected chi connectivity index (χ3v) is 4.41. The van der Waals surface area contributed by atoms with E-state index >= 15 is 0 Å². The second-order valence-electron chi connectivity index (χ2n) is 5.11. The van der Waals surface area contributed by atoms with Crippen molar-refractivity contribution in [3.63, 3.8) is 0 Å². The maximum absolute atomic E-state index is 12.3. The monoisotopic (exact) mass is 383 g/mol. The molecule has 0 amide bonds. The first-order chi connectivity index (χ1) is 10.9. The standard InChI is InChI=1S/C16H18BrNO5/c1-9-5-12(17)10(2)13(6-9)18-8-23-7-11(15(19)21-3)14(18)16(20)22-4/h5-6H,7-8H2,1-4H3. The minimum absolute atomic E-state index is 0.000357. The summed E-state index contributed by atoms with van der Waals surface area (Å²) in [6.45, 7) is 4.00. The summed E-state index contributed by atoms with van der Waals surface area (Å²) in [6, 6.07) is 3.90. The first-order valence-electron chi connectivity index (χ1n) is 6.92. The lowest BCUT2D eigenvalue weighted by atomic mass is 10.1. The minimum Gasteiger partial charge on any atom is -0.466 e. The van der Waals surface area contributed by atoms with Gasteiger partial charge in [0.25, 0.3) is 0 Å². The van der Waals surface area contributed by atoms with Crippen LogP contribution in [0.5, 0.6) is 0 Å². The van der Waals surface area contributed by atoms with Gasteiger partial charge in [0.05, 0.1) is 26.4 Å². The zero-order valence-electron chi connectivity index (χ0n) is 13.4. The molecule has 0 spiro atoms. The van der Waals surface area contributed by atoms with Crippen molar-refractivity contribution in [3.8, 4) is 0 Å². The Balaban J connectivity index is 2.65. The van der Waals surface area contributed by atoms with Gasteiger partial charge in [-0.05, 0) is 37.1 Å². The van der Waals surface area contributed by atoms with Crippen LogP contribution in [0.15, 0.2) is 27.9 Å². The Morgan fingerprint density at radius 3 is 2.43 bits per heavy atom. The second kappa shape index (κ2) is 7.14. The van der Waals surface area contributed by atoms with E-state index in [1.165, 1.54) is 14.2 Å². The number of hydrogen-bond acceptors (Lipinski definition) is 6. The molecule has 0 saturated carbocycles. The molecule has 0 bridgehead atoms. The van der Waals surface area contributed by atoms with Gasteiger partial charge < -0.3 is 19.1 Å². The number of benzene rings is 1. The van der Waals surface area contributed by atoms with Gasteiger partial charge in [-0.2, -0.15) is 0 Å². The minimum atomic E-state index is -0.612. The fourth-order valence-corrected chi connectivity index (χ4v) is 2.97. The number of nitrogens with zero attached hydrogens (tertiary/aromatic N) is 1. The normalized spacial score (nSPS) is 14.7. The van der Waals surface area contributed by atoms with Gasteiger partial charge in [-0.1, -0.05) is 15.9 Å². The third kappa shape index (κ3) is 3.40. The molecule has 0 atom stereocenters. The molecule has 2 rings (SSSR count). The van der Waals surface area contributed by atoms with Gasteiger partial charge in [0.2, 0.25) is 0 Å². The molecule has 0 aromatic heterocycles. The molecule has 6 nitrogen and oxygen atoms in total. The summed E-state index contributed by atoms with van der Waals surface area (Å²) >= 11 is 3.50. The summed E-state index contributed by atoms with van der Waals surface area (Å²) in [7, 11) is 2.54. The highest BCUT2D eigenvalue weighted by molar-refractivity contribution is 9.10. The number of halogens is 1. The molecule has 0 N–H and O–H groups in total. The van der Waals surface area contributed by atoms with E-state index in [2.05, 4.69) is 15.9 Å². The van der Waals surface area contributed by atoms with Gasteiger partial charge in [0.1, 0.15) is 12.4 Å². The Kier molecular flexibility index (Phi) is 5.43. The van der Waals surface area contributed by atoms with Gasteiger partial charge in [-0.15, -0.1) is 0 Å². The van der Waals surface area contributed by atoms with Crippen molar-refractivity contribution in [2.24, 2.45) is 0 Å².